The van der Waals surface area contributed by atoms with Crippen molar-refractivity contribution in [3.8, 4) is 0 Å². The van der Waals surface area contributed by atoms with Crippen LogP contribution in [0.5, 0.6) is 0 Å². The van der Waals surface area contributed by atoms with E-state index in [-0.39, 0.29) is 0 Å². The third kappa shape index (κ3) is 1.83. The van der Waals surface area contributed by atoms with Crippen molar-refractivity contribution in [1.29, 1.82) is 0 Å². The number of hydrogen-bond donors (Lipinski definition) is 0. The summed E-state index contributed by atoms with van der Waals surface area (Å²) in [6.07, 6.45) is 11.0. The van der Waals surface area contributed by atoms with E-state index in [1.54, 1.807) is 0 Å². The summed E-state index contributed by atoms with van der Waals surface area (Å²) in [4.78, 5) is 0. The van der Waals surface area contributed by atoms with E-state index in [2.05, 4.69) is 43.0 Å². The molecule has 1 aliphatic heterocycles. The lowest BCUT2D eigenvalue weighted by Crippen LogP contribution is -2.04. The van der Waals surface area contributed by atoms with Gasteiger partial charge in [0.15, 0.2) is 5.70 Å². The molecule has 0 spiro atoms. The molecule has 0 amide bonds. The number of rotatable bonds is 0. The minimum absolute atomic E-state index is 1.15. The van der Waals surface area contributed by atoms with Gasteiger partial charge in [-0.25, -0.2) is 4.58 Å². The molecule has 0 aromatic carbocycles. The van der Waals surface area contributed by atoms with Crippen molar-refractivity contribution in [3.63, 3.8) is 0 Å². The lowest BCUT2D eigenvalue weighted by molar-refractivity contribution is -0.439. The van der Waals surface area contributed by atoms with Gasteiger partial charge in [-0.3, -0.25) is 0 Å². The number of hydrogen-bond acceptors (Lipinski definition) is 0. The fourth-order valence-corrected chi connectivity index (χ4v) is 0.929. The summed E-state index contributed by atoms with van der Waals surface area (Å²) in [5, 5.41) is 0. The van der Waals surface area contributed by atoms with Gasteiger partial charge >= 0.3 is 0 Å². The van der Waals surface area contributed by atoms with Gasteiger partial charge in [-0.1, -0.05) is 12.2 Å². The summed E-state index contributed by atoms with van der Waals surface area (Å²) >= 11 is 0. The van der Waals surface area contributed by atoms with E-state index in [0.29, 0.717) is 0 Å². The first-order valence-electron chi connectivity index (χ1n) is 3.70. The first-order chi connectivity index (χ1) is 4.80. The molecular weight excluding hydrogens is 122 g/mol. The normalized spacial score (nSPS) is 19.0. The second-order valence-electron chi connectivity index (χ2n) is 2.61. The Morgan fingerprint density at radius 3 is 3.00 bits per heavy atom. The first kappa shape index (κ1) is 7.26. The highest BCUT2D eigenvalue weighted by atomic mass is 15.0. The zero-order valence-electron chi connectivity index (χ0n) is 6.67. The van der Waals surface area contributed by atoms with Crippen molar-refractivity contribution in [1.82, 2.24) is 0 Å². The molecule has 0 unspecified atom stereocenters. The summed E-state index contributed by atoms with van der Waals surface area (Å²) in [7, 11) is 2.09. The van der Waals surface area contributed by atoms with E-state index in [4.69, 9.17) is 0 Å². The highest BCUT2D eigenvalue weighted by Crippen LogP contribution is 1.99. The van der Waals surface area contributed by atoms with Crippen LogP contribution in [0.25, 0.3) is 0 Å². The van der Waals surface area contributed by atoms with E-state index in [9.17, 15) is 0 Å². The number of nitrogens with zero attached hydrogens (tertiary/aromatic N) is 1. The van der Waals surface area contributed by atoms with Gasteiger partial charge in [0, 0.05) is 19.4 Å². The second kappa shape index (κ2) is 3.35. The molecule has 0 radical (unpaired) electrons. The molecule has 0 fully saturated rings. The maximum Gasteiger partial charge on any atom is 0.177 e. The van der Waals surface area contributed by atoms with Crippen molar-refractivity contribution in [2.45, 2.75) is 19.8 Å². The fraction of sp³-hybridized carbons (Fsp3) is 0.444. The third-order valence-corrected chi connectivity index (χ3v) is 1.77. The van der Waals surface area contributed by atoms with Gasteiger partial charge in [0.05, 0.1) is 0 Å². The lowest BCUT2D eigenvalue weighted by Gasteiger charge is -1.96. The van der Waals surface area contributed by atoms with Crippen molar-refractivity contribution in [2.75, 3.05) is 7.05 Å². The van der Waals surface area contributed by atoms with Crippen LogP contribution in [0.4, 0.5) is 0 Å². The average molecular weight is 136 g/mol. The van der Waals surface area contributed by atoms with Gasteiger partial charge in [0.25, 0.3) is 0 Å². The van der Waals surface area contributed by atoms with Crippen molar-refractivity contribution < 1.29 is 4.58 Å². The molecule has 1 nitrogen and oxygen atoms in total. The highest BCUT2D eigenvalue weighted by Gasteiger charge is 1.98. The largest absolute Gasteiger partial charge is 0.209 e. The van der Waals surface area contributed by atoms with Crippen LogP contribution in [0.3, 0.4) is 0 Å². The molecule has 0 N–H and O–H groups in total. The fourth-order valence-electron chi connectivity index (χ4n) is 0.929. The maximum atomic E-state index is 2.22. The van der Waals surface area contributed by atoms with Gasteiger partial charge in [-0.05, 0) is 6.42 Å². The van der Waals surface area contributed by atoms with Crippen LogP contribution < -0.4 is 0 Å². The summed E-state index contributed by atoms with van der Waals surface area (Å²) in [5.41, 5.74) is 1.30. The predicted molar refractivity (Wildman–Crippen MR) is 44.4 cm³/mol. The standard InChI is InChI=1S/C9H14N/c1-9-7-5-3-4-6-8-10(9)2/h3,5,7-8H,4,6H2,1-2H3/q+1. The summed E-state index contributed by atoms with van der Waals surface area (Å²) < 4.78 is 2.17. The Kier molecular flexibility index (Phi) is 2.43. The van der Waals surface area contributed by atoms with E-state index >= 15 is 0 Å². The van der Waals surface area contributed by atoms with Crippen LogP contribution in [0.2, 0.25) is 0 Å². The Bertz CT molecular complexity index is 197. The monoisotopic (exact) mass is 136 g/mol. The van der Waals surface area contributed by atoms with Gasteiger partial charge in [-0.2, -0.15) is 0 Å². The maximum absolute atomic E-state index is 2.22. The molecule has 0 aromatic heterocycles. The Morgan fingerprint density at radius 1 is 1.40 bits per heavy atom. The molecule has 0 aromatic rings. The molecule has 1 heteroatoms. The predicted octanol–water partition coefficient (Wildman–Crippen LogP) is 1.95. The SMILES string of the molecule is CC1=CC=CCCC=[N+]1C. The number of allylic oxidation sites excluding steroid dienone is 4. The zero-order chi connectivity index (χ0) is 7.40. The highest BCUT2D eigenvalue weighted by molar-refractivity contribution is 5.52. The van der Waals surface area contributed by atoms with Gasteiger partial charge < -0.3 is 0 Å². The van der Waals surface area contributed by atoms with Crippen LogP contribution in [-0.4, -0.2) is 17.8 Å². The third-order valence-electron chi connectivity index (χ3n) is 1.77. The first-order valence-corrected chi connectivity index (χ1v) is 3.70. The summed E-state index contributed by atoms with van der Waals surface area (Å²) in [6.45, 7) is 2.12. The van der Waals surface area contributed by atoms with Crippen LogP contribution in [-0.2, 0) is 0 Å². The van der Waals surface area contributed by atoms with E-state index < -0.39 is 0 Å². The molecule has 0 atom stereocenters. The molecule has 54 valence electrons. The zero-order valence-corrected chi connectivity index (χ0v) is 6.67. The van der Waals surface area contributed by atoms with Gasteiger partial charge in [0.2, 0.25) is 0 Å². The Morgan fingerprint density at radius 2 is 2.20 bits per heavy atom. The molecule has 0 saturated carbocycles. The summed E-state index contributed by atoms with van der Waals surface area (Å²) in [6, 6.07) is 0. The van der Waals surface area contributed by atoms with E-state index in [1.807, 2.05) is 0 Å². The second-order valence-corrected chi connectivity index (χ2v) is 2.61. The molecular formula is C9H14N+. The van der Waals surface area contributed by atoms with Crippen molar-refractivity contribution in [2.24, 2.45) is 0 Å². The van der Waals surface area contributed by atoms with Crippen molar-refractivity contribution >= 4 is 6.21 Å². The quantitative estimate of drug-likeness (QED) is 0.448. The molecule has 0 saturated heterocycles. The van der Waals surface area contributed by atoms with Crippen LogP contribution in [0.1, 0.15) is 19.8 Å². The summed E-state index contributed by atoms with van der Waals surface area (Å²) in [5.74, 6) is 0. The smallest absolute Gasteiger partial charge is 0.177 e. The van der Waals surface area contributed by atoms with Crippen molar-refractivity contribution in [3.05, 3.63) is 23.9 Å². The molecule has 0 bridgehead atoms. The minimum atomic E-state index is 1.15. The van der Waals surface area contributed by atoms with Crippen LogP contribution >= 0.6 is 0 Å². The minimum Gasteiger partial charge on any atom is -0.209 e. The molecule has 1 rings (SSSR count). The molecule has 1 aliphatic rings. The Hall–Kier alpha value is -0.850. The average Bonchev–Trinajstić information content (AvgIpc) is 1.92. The topological polar surface area (TPSA) is 3.01 Å². The molecule has 10 heavy (non-hydrogen) atoms. The molecule has 0 aliphatic carbocycles. The van der Waals surface area contributed by atoms with Gasteiger partial charge in [-0.15, -0.1) is 0 Å². The Balaban J connectivity index is 2.81. The van der Waals surface area contributed by atoms with Crippen LogP contribution in [0, 0.1) is 0 Å². The Labute approximate surface area is 62.4 Å². The van der Waals surface area contributed by atoms with Gasteiger partial charge in [0.1, 0.15) is 13.3 Å². The van der Waals surface area contributed by atoms with E-state index in [1.165, 1.54) is 5.70 Å². The van der Waals surface area contributed by atoms with Crippen LogP contribution in [0.15, 0.2) is 23.9 Å². The van der Waals surface area contributed by atoms with E-state index in [0.717, 1.165) is 12.8 Å². The molecule has 1 heterocycles. The lowest BCUT2D eigenvalue weighted by atomic mass is 10.2.